The summed E-state index contributed by atoms with van der Waals surface area (Å²) in [5.74, 6) is -0.255. The van der Waals surface area contributed by atoms with Gasteiger partial charge in [-0.05, 0) is 51.1 Å². The second-order valence-electron chi connectivity index (χ2n) is 5.56. The van der Waals surface area contributed by atoms with Crippen LogP contribution in [0.15, 0.2) is 18.2 Å². The molecule has 2 atom stereocenters. The quantitative estimate of drug-likeness (QED) is 0.910. The molecule has 1 aliphatic rings. The lowest BCUT2D eigenvalue weighted by atomic mass is 10.0. The van der Waals surface area contributed by atoms with Gasteiger partial charge in [0.05, 0.1) is 11.8 Å². The number of nitrogens with zero attached hydrogens (tertiary/aromatic N) is 2. The molecule has 0 aliphatic carbocycles. The summed E-state index contributed by atoms with van der Waals surface area (Å²) in [5.41, 5.74) is 1.24. The molecule has 1 heterocycles. The molecule has 0 amide bonds. The third-order valence-electron chi connectivity index (χ3n) is 3.98. The molecule has 1 N–H and O–H groups in total. The molecule has 1 fully saturated rings. The number of likely N-dealkylation sites (tertiary alicyclic amines) is 1. The van der Waals surface area contributed by atoms with Gasteiger partial charge in [-0.25, -0.2) is 4.39 Å². The smallest absolute Gasteiger partial charge is 0.146 e. The van der Waals surface area contributed by atoms with Gasteiger partial charge in [0, 0.05) is 19.6 Å². The molecule has 0 saturated carbocycles. The first-order valence-electron chi connectivity index (χ1n) is 6.88. The zero-order valence-electron chi connectivity index (χ0n) is 11.9. The van der Waals surface area contributed by atoms with Crippen molar-refractivity contribution in [2.24, 2.45) is 0 Å². The third kappa shape index (κ3) is 3.25. The number of hydrogen-bond acceptors (Lipinski definition) is 3. The van der Waals surface area contributed by atoms with Gasteiger partial charge in [-0.1, -0.05) is 6.07 Å². The Morgan fingerprint density at radius 2 is 2.21 bits per heavy atom. The number of likely N-dealkylation sites (N-methyl/N-ethyl adjacent to an activating group) is 2. The highest BCUT2D eigenvalue weighted by Gasteiger charge is 2.23. The van der Waals surface area contributed by atoms with E-state index in [0.29, 0.717) is 17.3 Å². The van der Waals surface area contributed by atoms with Gasteiger partial charge in [0.1, 0.15) is 5.82 Å². The van der Waals surface area contributed by atoms with Crippen LogP contribution in [0.2, 0.25) is 0 Å². The fourth-order valence-electron chi connectivity index (χ4n) is 2.72. The SMILES string of the molecule is CC(O)c1ccc(N(C)C2CCCN(C)C2)c(F)c1. The minimum Gasteiger partial charge on any atom is -0.389 e. The fraction of sp³-hybridized carbons (Fsp3) is 0.600. The zero-order chi connectivity index (χ0) is 14.0. The van der Waals surface area contributed by atoms with Crippen LogP contribution in [-0.4, -0.2) is 43.2 Å². The zero-order valence-corrected chi connectivity index (χ0v) is 11.9. The summed E-state index contributed by atoms with van der Waals surface area (Å²) in [6.07, 6.45) is 1.62. The molecule has 2 rings (SSSR count). The number of rotatable bonds is 3. The highest BCUT2D eigenvalue weighted by molar-refractivity contribution is 5.49. The van der Waals surface area contributed by atoms with Crippen LogP contribution in [0.1, 0.15) is 31.4 Å². The molecule has 4 heteroatoms. The molecule has 19 heavy (non-hydrogen) atoms. The van der Waals surface area contributed by atoms with E-state index in [4.69, 9.17) is 0 Å². The van der Waals surface area contributed by atoms with Gasteiger partial charge in [-0.3, -0.25) is 0 Å². The van der Waals surface area contributed by atoms with E-state index in [0.717, 1.165) is 25.9 Å². The van der Waals surface area contributed by atoms with Crippen LogP contribution in [0, 0.1) is 5.82 Å². The van der Waals surface area contributed by atoms with Crippen molar-refractivity contribution in [3.05, 3.63) is 29.6 Å². The molecular formula is C15H23FN2O. The summed E-state index contributed by atoms with van der Waals surface area (Å²) >= 11 is 0. The Labute approximate surface area is 114 Å². The maximum Gasteiger partial charge on any atom is 0.146 e. The van der Waals surface area contributed by atoms with Crippen LogP contribution in [0.4, 0.5) is 10.1 Å². The van der Waals surface area contributed by atoms with Crippen molar-refractivity contribution in [3.63, 3.8) is 0 Å². The number of aliphatic hydroxyl groups excluding tert-OH is 1. The van der Waals surface area contributed by atoms with Gasteiger partial charge in [0.2, 0.25) is 0 Å². The molecule has 1 aromatic rings. The molecule has 3 nitrogen and oxygen atoms in total. The number of aliphatic hydroxyl groups is 1. The van der Waals surface area contributed by atoms with E-state index >= 15 is 0 Å². The van der Waals surface area contributed by atoms with Gasteiger partial charge < -0.3 is 14.9 Å². The highest BCUT2D eigenvalue weighted by Crippen LogP contribution is 2.26. The van der Waals surface area contributed by atoms with Crippen molar-refractivity contribution in [1.82, 2.24) is 4.90 Å². The average molecular weight is 266 g/mol. The standard InChI is InChI=1S/C15H23FN2O/c1-11(19)12-6-7-15(14(16)9-12)18(3)13-5-4-8-17(2)10-13/h6-7,9,11,13,19H,4-5,8,10H2,1-3H3. The van der Waals surface area contributed by atoms with E-state index in [9.17, 15) is 9.50 Å². The molecule has 0 spiro atoms. The lowest BCUT2D eigenvalue weighted by molar-refractivity contribution is 0.199. The minimum absolute atomic E-state index is 0.255. The third-order valence-corrected chi connectivity index (χ3v) is 3.98. The summed E-state index contributed by atoms with van der Waals surface area (Å²) in [6, 6.07) is 5.35. The summed E-state index contributed by atoms with van der Waals surface area (Å²) in [7, 11) is 4.05. The van der Waals surface area contributed by atoms with Crippen LogP contribution in [0.3, 0.4) is 0 Å². The summed E-state index contributed by atoms with van der Waals surface area (Å²) in [6.45, 7) is 3.73. The molecule has 0 radical (unpaired) electrons. The number of benzene rings is 1. The van der Waals surface area contributed by atoms with Crippen molar-refractivity contribution in [1.29, 1.82) is 0 Å². The van der Waals surface area contributed by atoms with E-state index in [-0.39, 0.29) is 5.82 Å². The first-order valence-corrected chi connectivity index (χ1v) is 6.88. The summed E-state index contributed by atoms with van der Waals surface area (Å²) in [5, 5.41) is 9.47. The van der Waals surface area contributed by atoms with Gasteiger partial charge in [-0.15, -0.1) is 0 Å². The summed E-state index contributed by atoms with van der Waals surface area (Å²) < 4.78 is 14.1. The van der Waals surface area contributed by atoms with Crippen molar-refractivity contribution >= 4 is 5.69 Å². The maximum atomic E-state index is 14.1. The molecule has 0 aromatic heterocycles. The van der Waals surface area contributed by atoms with Gasteiger partial charge in [-0.2, -0.15) is 0 Å². The number of hydrogen-bond donors (Lipinski definition) is 1. The van der Waals surface area contributed by atoms with Crippen LogP contribution >= 0.6 is 0 Å². The Morgan fingerprint density at radius 1 is 1.47 bits per heavy atom. The van der Waals surface area contributed by atoms with E-state index in [1.165, 1.54) is 6.07 Å². The van der Waals surface area contributed by atoms with Crippen molar-refractivity contribution in [3.8, 4) is 0 Å². The second-order valence-corrected chi connectivity index (χ2v) is 5.56. The van der Waals surface area contributed by atoms with Crippen molar-refractivity contribution in [2.75, 3.05) is 32.1 Å². The van der Waals surface area contributed by atoms with Crippen LogP contribution in [-0.2, 0) is 0 Å². The lowest BCUT2D eigenvalue weighted by Gasteiger charge is -2.37. The number of piperidine rings is 1. The Bertz CT molecular complexity index is 436. The highest BCUT2D eigenvalue weighted by atomic mass is 19.1. The monoisotopic (exact) mass is 266 g/mol. The minimum atomic E-state index is -0.630. The van der Waals surface area contributed by atoms with Crippen LogP contribution in [0.25, 0.3) is 0 Å². The number of anilines is 1. The largest absolute Gasteiger partial charge is 0.389 e. The van der Waals surface area contributed by atoms with Crippen LogP contribution in [0.5, 0.6) is 0 Å². The lowest BCUT2D eigenvalue weighted by Crippen LogP contribution is -2.45. The molecule has 2 unspecified atom stereocenters. The van der Waals surface area contributed by atoms with E-state index in [1.807, 2.05) is 11.9 Å². The first kappa shape index (κ1) is 14.3. The van der Waals surface area contributed by atoms with E-state index in [1.54, 1.807) is 19.1 Å². The van der Waals surface area contributed by atoms with E-state index < -0.39 is 6.10 Å². The average Bonchev–Trinajstić information content (AvgIpc) is 2.37. The van der Waals surface area contributed by atoms with Crippen molar-refractivity contribution < 1.29 is 9.50 Å². The van der Waals surface area contributed by atoms with Gasteiger partial charge in [0.25, 0.3) is 0 Å². The second kappa shape index (κ2) is 5.88. The Morgan fingerprint density at radius 3 is 2.79 bits per heavy atom. The van der Waals surface area contributed by atoms with Gasteiger partial charge in [0.15, 0.2) is 0 Å². The van der Waals surface area contributed by atoms with Gasteiger partial charge >= 0.3 is 0 Å². The van der Waals surface area contributed by atoms with E-state index in [2.05, 4.69) is 11.9 Å². The van der Waals surface area contributed by atoms with Crippen LogP contribution < -0.4 is 4.90 Å². The normalized spacial score (nSPS) is 22.3. The summed E-state index contributed by atoms with van der Waals surface area (Å²) in [4.78, 5) is 4.31. The molecule has 0 bridgehead atoms. The molecular weight excluding hydrogens is 243 g/mol. The van der Waals surface area contributed by atoms with Crippen molar-refractivity contribution in [2.45, 2.75) is 31.9 Å². The predicted octanol–water partition coefficient (Wildman–Crippen LogP) is 2.41. The first-order chi connectivity index (χ1) is 8.99. The molecule has 1 saturated heterocycles. The Kier molecular flexibility index (Phi) is 4.42. The maximum absolute atomic E-state index is 14.1. The topological polar surface area (TPSA) is 26.7 Å². The predicted molar refractivity (Wildman–Crippen MR) is 76.0 cm³/mol. The Balaban J connectivity index is 2.16. The fourth-order valence-corrected chi connectivity index (χ4v) is 2.72. The molecule has 1 aliphatic heterocycles. The Hall–Kier alpha value is -1.13. The molecule has 106 valence electrons. The number of halogens is 1. The molecule has 1 aromatic carbocycles.